The molecule has 11 heteroatoms. The average Bonchev–Trinajstić information content (AvgIpc) is 3.07. The summed E-state index contributed by atoms with van der Waals surface area (Å²) in [6.45, 7) is -3.19. The maximum absolute atomic E-state index is 12.7. The van der Waals surface area contributed by atoms with Gasteiger partial charge in [-0.25, -0.2) is 18.2 Å². The molecule has 0 atom stereocenters. The first-order chi connectivity index (χ1) is 10.2. The van der Waals surface area contributed by atoms with Crippen LogP contribution in [0.1, 0.15) is 22.7 Å². The van der Waals surface area contributed by atoms with E-state index >= 15 is 0 Å². The van der Waals surface area contributed by atoms with Crippen LogP contribution in [0, 0.1) is 0 Å². The number of alkyl halides is 2. The van der Waals surface area contributed by atoms with Crippen LogP contribution in [0.25, 0.3) is 0 Å². The zero-order valence-corrected chi connectivity index (χ0v) is 12.8. The number of halogens is 2. The Labute approximate surface area is 128 Å². The van der Waals surface area contributed by atoms with Gasteiger partial charge in [-0.1, -0.05) is 0 Å². The first-order valence-electron chi connectivity index (χ1n) is 5.81. The molecular formula is C11H11F2N3O4S2. The molecule has 0 bridgehead atoms. The Balaban J connectivity index is 2.25. The number of sulfonamides is 1. The van der Waals surface area contributed by atoms with E-state index in [0.717, 1.165) is 34.1 Å². The monoisotopic (exact) mass is 351 g/mol. The Kier molecular flexibility index (Phi) is 4.58. The van der Waals surface area contributed by atoms with Crippen molar-refractivity contribution in [3.05, 3.63) is 35.2 Å². The van der Waals surface area contributed by atoms with Crippen molar-refractivity contribution < 1.29 is 27.1 Å². The van der Waals surface area contributed by atoms with Crippen LogP contribution in [0.5, 0.6) is 0 Å². The molecule has 7 nitrogen and oxygen atoms in total. The molecule has 0 amide bonds. The third-order valence-electron chi connectivity index (χ3n) is 2.81. The van der Waals surface area contributed by atoms with Gasteiger partial charge in [0.2, 0.25) is 0 Å². The zero-order valence-electron chi connectivity index (χ0n) is 11.2. The molecule has 0 radical (unpaired) electrons. The molecule has 0 aliphatic carbocycles. The Morgan fingerprint density at radius 3 is 2.77 bits per heavy atom. The molecule has 0 aliphatic heterocycles. The molecule has 2 aromatic rings. The Morgan fingerprint density at radius 1 is 1.55 bits per heavy atom. The number of hydrogen-bond acceptors (Lipinski definition) is 5. The SMILES string of the molecule is CN(Cc1nccn1C(F)F)S(=O)(=O)c1cc(C(=O)O)cs1. The van der Waals surface area contributed by atoms with Crippen LogP contribution in [0.15, 0.2) is 28.0 Å². The van der Waals surface area contributed by atoms with Crippen LogP contribution >= 0.6 is 11.3 Å². The van der Waals surface area contributed by atoms with E-state index in [1.165, 1.54) is 12.4 Å². The lowest BCUT2D eigenvalue weighted by molar-refractivity contribution is 0.0656. The van der Waals surface area contributed by atoms with Gasteiger partial charge < -0.3 is 5.11 Å². The van der Waals surface area contributed by atoms with Crippen molar-refractivity contribution in [3.8, 4) is 0 Å². The molecule has 0 saturated carbocycles. The summed E-state index contributed by atoms with van der Waals surface area (Å²) in [5.41, 5.74) is -0.147. The van der Waals surface area contributed by atoms with Crippen molar-refractivity contribution in [3.63, 3.8) is 0 Å². The highest BCUT2D eigenvalue weighted by molar-refractivity contribution is 7.91. The number of carboxylic acid groups (broad SMARTS) is 1. The predicted octanol–water partition coefficient (Wildman–Crippen LogP) is 1.86. The maximum atomic E-state index is 12.7. The molecule has 120 valence electrons. The van der Waals surface area contributed by atoms with Gasteiger partial charge in [0, 0.05) is 24.8 Å². The van der Waals surface area contributed by atoms with Gasteiger partial charge in [-0.2, -0.15) is 13.1 Å². The van der Waals surface area contributed by atoms with Gasteiger partial charge in [-0.05, 0) is 6.07 Å². The van der Waals surface area contributed by atoms with Gasteiger partial charge in [-0.3, -0.25) is 4.57 Å². The number of carboxylic acids is 1. The molecule has 2 aromatic heterocycles. The molecule has 1 N–H and O–H groups in total. The van der Waals surface area contributed by atoms with Crippen molar-refractivity contribution >= 4 is 27.3 Å². The van der Waals surface area contributed by atoms with E-state index in [1.807, 2.05) is 0 Å². The lowest BCUT2D eigenvalue weighted by Gasteiger charge is -2.16. The molecule has 0 aliphatic rings. The molecular weight excluding hydrogens is 340 g/mol. The predicted molar refractivity (Wildman–Crippen MR) is 73.4 cm³/mol. The molecule has 2 heterocycles. The van der Waals surface area contributed by atoms with E-state index in [4.69, 9.17) is 5.11 Å². The third-order valence-corrected chi connectivity index (χ3v) is 6.03. The van der Waals surface area contributed by atoms with Crippen molar-refractivity contribution in [2.75, 3.05) is 7.05 Å². The van der Waals surface area contributed by atoms with Crippen molar-refractivity contribution in [1.82, 2.24) is 13.9 Å². The largest absolute Gasteiger partial charge is 0.478 e. The molecule has 22 heavy (non-hydrogen) atoms. The second kappa shape index (κ2) is 6.10. The highest BCUT2D eigenvalue weighted by Crippen LogP contribution is 2.24. The fourth-order valence-corrected chi connectivity index (χ4v) is 4.13. The van der Waals surface area contributed by atoms with Crippen LogP contribution in [-0.4, -0.2) is 40.4 Å². The first-order valence-corrected chi connectivity index (χ1v) is 8.13. The number of carbonyl (C=O) groups is 1. The summed E-state index contributed by atoms with van der Waals surface area (Å²) in [6.07, 6.45) is 2.20. The van der Waals surface area contributed by atoms with Gasteiger partial charge in [-0.15, -0.1) is 11.3 Å². The van der Waals surface area contributed by atoms with Crippen LogP contribution < -0.4 is 0 Å². The summed E-state index contributed by atoms with van der Waals surface area (Å²) in [5, 5.41) is 10.0. The highest BCUT2D eigenvalue weighted by atomic mass is 32.2. The normalized spacial score (nSPS) is 12.2. The zero-order chi connectivity index (χ0) is 16.5. The molecule has 0 fully saturated rings. The van der Waals surface area contributed by atoms with Crippen LogP contribution in [0.3, 0.4) is 0 Å². The van der Waals surface area contributed by atoms with E-state index in [0.29, 0.717) is 4.57 Å². The molecule has 0 unspecified atom stereocenters. The molecule has 0 aromatic carbocycles. The second-order valence-electron chi connectivity index (χ2n) is 4.25. The maximum Gasteiger partial charge on any atom is 0.336 e. The Morgan fingerprint density at radius 2 is 2.23 bits per heavy atom. The van der Waals surface area contributed by atoms with E-state index in [2.05, 4.69) is 4.98 Å². The van der Waals surface area contributed by atoms with Gasteiger partial charge in [0.25, 0.3) is 10.0 Å². The number of hydrogen-bond donors (Lipinski definition) is 1. The number of nitrogens with zero attached hydrogens (tertiary/aromatic N) is 3. The lowest BCUT2D eigenvalue weighted by Crippen LogP contribution is -2.27. The third kappa shape index (κ3) is 3.15. The lowest BCUT2D eigenvalue weighted by atomic mass is 10.4. The van der Waals surface area contributed by atoms with E-state index in [-0.39, 0.29) is 22.1 Å². The Bertz CT molecular complexity index is 785. The van der Waals surface area contributed by atoms with Gasteiger partial charge >= 0.3 is 12.5 Å². The molecule has 0 saturated heterocycles. The van der Waals surface area contributed by atoms with E-state index < -0.39 is 22.5 Å². The van der Waals surface area contributed by atoms with Crippen molar-refractivity contribution in [2.24, 2.45) is 0 Å². The van der Waals surface area contributed by atoms with Crippen molar-refractivity contribution in [1.29, 1.82) is 0 Å². The fraction of sp³-hybridized carbons (Fsp3) is 0.273. The van der Waals surface area contributed by atoms with Crippen LogP contribution in [0.2, 0.25) is 0 Å². The summed E-state index contributed by atoms with van der Waals surface area (Å²) in [4.78, 5) is 14.5. The van der Waals surface area contributed by atoms with E-state index in [1.54, 1.807) is 0 Å². The summed E-state index contributed by atoms with van der Waals surface area (Å²) >= 11 is 0.750. The summed E-state index contributed by atoms with van der Waals surface area (Å²) in [5.74, 6) is -1.36. The first kappa shape index (κ1) is 16.5. The minimum Gasteiger partial charge on any atom is -0.478 e. The summed E-state index contributed by atoms with van der Waals surface area (Å²) in [7, 11) is -2.77. The quantitative estimate of drug-likeness (QED) is 0.857. The smallest absolute Gasteiger partial charge is 0.336 e. The number of aromatic carboxylic acids is 1. The number of rotatable bonds is 6. The number of imidazole rings is 1. The van der Waals surface area contributed by atoms with Gasteiger partial charge in [0.1, 0.15) is 10.0 Å². The molecule has 0 spiro atoms. The Hall–Kier alpha value is -1.85. The minimum atomic E-state index is -3.98. The fourth-order valence-electron chi connectivity index (χ4n) is 1.65. The number of thiophene rings is 1. The standard InChI is InChI=1S/C11H11F2N3O4S2/c1-15(5-8-14-2-3-16(8)11(12)13)22(19,20)9-4-7(6-21-9)10(17)18/h2-4,6,11H,5H2,1H3,(H,17,18). The molecule has 2 rings (SSSR count). The van der Waals surface area contributed by atoms with E-state index in [9.17, 15) is 22.0 Å². The highest BCUT2D eigenvalue weighted by Gasteiger charge is 2.26. The topological polar surface area (TPSA) is 92.5 Å². The average molecular weight is 351 g/mol. The van der Waals surface area contributed by atoms with Crippen LogP contribution in [0.4, 0.5) is 8.78 Å². The minimum absolute atomic E-state index is 0.115. The second-order valence-corrected chi connectivity index (χ2v) is 7.43. The van der Waals surface area contributed by atoms with Gasteiger partial charge in [0.15, 0.2) is 0 Å². The number of aromatic nitrogens is 2. The summed E-state index contributed by atoms with van der Waals surface area (Å²) in [6, 6.07) is 1.03. The van der Waals surface area contributed by atoms with Gasteiger partial charge in [0.05, 0.1) is 12.1 Å². The summed E-state index contributed by atoms with van der Waals surface area (Å²) < 4.78 is 51.2. The van der Waals surface area contributed by atoms with Crippen LogP contribution in [-0.2, 0) is 16.6 Å². The van der Waals surface area contributed by atoms with Crippen molar-refractivity contribution in [2.45, 2.75) is 17.3 Å².